The van der Waals surface area contributed by atoms with E-state index in [1.807, 2.05) is 14.1 Å². The number of benzene rings is 2. The molecule has 2 saturated heterocycles. The molecule has 2 fully saturated rings. The fraction of sp³-hybridized carbons (Fsp3) is 0.548. The van der Waals surface area contributed by atoms with Crippen LogP contribution in [0, 0.1) is 0 Å². The molecular weight excluding hydrogens is 617 g/mol. The maximum Gasteiger partial charge on any atom is 0.243 e. The summed E-state index contributed by atoms with van der Waals surface area (Å²) in [5.74, 6) is -0.238. The first-order valence-corrected chi connectivity index (χ1v) is 18.5. The summed E-state index contributed by atoms with van der Waals surface area (Å²) in [6, 6.07) is 12.6. The summed E-state index contributed by atoms with van der Waals surface area (Å²) >= 11 is 0. The highest BCUT2D eigenvalue weighted by molar-refractivity contribution is 7.89. The van der Waals surface area contributed by atoms with E-state index >= 15 is 0 Å². The number of carbonyl (C=O) groups is 2. The first-order chi connectivity index (χ1) is 21.4. The number of nitrogens with one attached hydrogen (secondary N) is 2. The summed E-state index contributed by atoms with van der Waals surface area (Å²) in [5, 5.41) is 5.66. The Kier molecular flexibility index (Phi) is 12.5. The van der Waals surface area contributed by atoms with Gasteiger partial charge in [0.15, 0.2) is 0 Å². The molecule has 0 spiro atoms. The minimum atomic E-state index is -3.54. The van der Waals surface area contributed by atoms with Gasteiger partial charge in [0.05, 0.1) is 9.79 Å². The Balaban J connectivity index is 1.08. The highest BCUT2D eigenvalue weighted by Gasteiger charge is 2.28. The monoisotopic (exact) mass is 662 g/mol. The van der Waals surface area contributed by atoms with Gasteiger partial charge in [-0.05, 0) is 75.5 Å². The van der Waals surface area contributed by atoms with Crippen LogP contribution in [0.4, 0.5) is 11.4 Å². The fourth-order valence-corrected chi connectivity index (χ4v) is 8.17. The van der Waals surface area contributed by atoms with Gasteiger partial charge < -0.3 is 20.4 Å². The van der Waals surface area contributed by atoms with Crippen LogP contribution in [-0.2, 0) is 29.6 Å². The Morgan fingerprint density at radius 1 is 0.533 bits per heavy atom. The predicted octanol–water partition coefficient (Wildman–Crippen LogP) is 2.87. The first-order valence-electron chi connectivity index (χ1n) is 15.6. The van der Waals surface area contributed by atoms with Gasteiger partial charge in [-0.25, -0.2) is 16.8 Å². The number of nitrogens with zero attached hydrogens (tertiary/aromatic N) is 4. The van der Waals surface area contributed by atoms with E-state index in [2.05, 4.69) is 20.4 Å². The molecule has 0 aromatic heterocycles. The van der Waals surface area contributed by atoms with E-state index in [0.29, 0.717) is 76.6 Å². The summed E-state index contributed by atoms with van der Waals surface area (Å²) in [6.45, 7) is 4.66. The molecule has 45 heavy (non-hydrogen) atoms. The van der Waals surface area contributed by atoms with E-state index in [9.17, 15) is 26.4 Å². The Morgan fingerprint density at radius 3 is 1.18 bits per heavy atom. The smallest absolute Gasteiger partial charge is 0.243 e. The number of carbonyl (C=O) groups excluding carboxylic acids is 2. The zero-order valence-corrected chi connectivity index (χ0v) is 27.9. The fourth-order valence-electron chi connectivity index (χ4n) is 5.32. The Bertz CT molecular complexity index is 1370. The predicted molar refractivity (Wildman–Crippen MR) is 175 cm³/mol. The number of anilines is 2. The van der Waals surface area contributed by atoms with Crippen molar-refractivity contribution in [3.05, 3.63) is 48.5 Å². The number of rotatable bonds is 14. The lowest BCUT2D eigenvalue weighted by atomic mass is 10.1. The number of amides is 2. The second kappa shape index (κ2) is 16.1. The molecule has 12 nitrogen and oxygen atoms in total. The van der Waals surface area contributed by atoms with Crippen LogP contribution in [0.2, 0.25) is 0 Å². The molecule has 0 atom stereocenters. The number of hydrogen-bond acceptors (Lipinski definition) is 8. The van der Waals surface area contributed by atoms with Crippen LogP contribution in [0.15, 0.2) is 58.3 Å². The standard InChI is InChI=1S/C31H46N6O6S2/c1-34-18-22-36(23-19-34)44(40,41)28-14-10-26(11-15-28)32-30(38)8-6-4-3-5-7-9-31(39)33-27-12-16-29(17-13-27)45(42,43)37-24-20-35(2)21-25-37/h10-17H,3-9,18-25H2,1-2H3,(H,32,38)(H,33,39). The molecule has 2 aromatic rings. The Labute approximate surface area is 267 Å². The van der Waals surface area contributed by atoms with Crippen LogP contribution in [-0.4, -0.2) is 114 Å². The van der Waals surface area contributed by atoms with Gasteiger partial charge >= 0.3 is 0 Å². The second-order valence-corrected chi connectivity index (χ2v) is 15.7. The summed E-state index contributed by atoms with van der Waals surface area (Å²) in [5.41, 5.74) is 1.13. The van der Waals surface area contributed by atoms with Crippen molar-refractivity contribution in [2.45, 2.75) is 54.7 Å². The molecule has 14 heteroatoms. The molecule has 2 heterocycles. The number of sulfonamides is 2. The van der Waals surface area contributed by atoms with Crippen molar-refractivity contribution in [2.75, 3.05) is 77.1 Å². The van der Waals surface area contributed by atoms with Gasteiger partial charge in [0.1, 0.15) is 0 Å². The van der Waals surface area contributed by atoms with E-state index in [4.69, 9.17) is 0 Å². The third-order valence-corrected chi connectivity index (χ3v) is 12.1. The quantitative estimate of drug-likeness (QED) is 0.295. The van der Waals surface area contributed by atoms with Crippen molar-refractivity contribution in [1.82, 2.24) is 18.4 Å². The molecule has 2 N–H and O–H groups in total. The highest BCUT2D eigenvalue weighted by atomic mass is 32.2. The molecule has 4 rings (SSSR count). The normalized spacial score (nSPS) is 17.6. The van der Waals surface area contributed by atoms with Crippen molar-refractivity contribution < 1.29 is 26.4 Å². The molecule has 0 radical (unpaired) electrons. The van der Waals surface area contributed by atoms with Crippen LogP contribution in [0.5, 0.6) is 0 Å². The van der Waals surface area contributed by atoms with Crippen molar-refractivity contribution in [3.63, 3.8) is 0 Å². The molecule has 2 amide bonds. The minimum Gasteiger partial charge on any atom is -0.326 e. The summed E-state index contributed by atoms with van der Waals surface area (Å²) in [6.07, 6.45) is 4.79. The lowest BCUT2D eigenvalue weighted by molar-refractivity contribution is -0.117. The van der Waals surface area contributed by atoms with E-state index in [-0.39, 0.29) is 21.6 Å². The molecule has 0 aliphatic carbocycles. The zero-order chi connectivity index (χ0) is 32.5. The molecule has 0 saturated carbocycles. The Morgan fingerprint density at radius 2 is 0.844 bits per heavy atom. The van der Waals surface area contributed by atoms with E-state index in [1.54, 1.807) is 24.3 Å². The van der Waals surface area contributed by atoms with Crippen LogP contribution in [0.3, 0.4) is 0 Å². The van der Waals surface area contributed by atoms with Gasteiger partial charge in [0.2, 0.25) is 31.9 Å². The van der Waals surface area contributed by atoms with Gasteiger partial charge in [-0.2, -0.15) is 8.61 Å². The van der Waals surface area contributed by atoms with Crippen LogP contribution in [0.25, 0.3) is 0 Å². The van der Waals surface area contributed by atoms with Crippen LogP contribution >= 0.6 is 0 Å². The second-order valence-electron chi connectivity index (χ2n) is 11.8. The lowest BCUT2D eigenvalue weighted by Gasteiger charge is -2.31. The molecule has 248 valence electrons. The van der Waals surface area contributed by atoms with Crippen LogP contribution in [0.1, 0.15) is 44.9 Å². The summed E-state index contributed by atoms with van der Waals surface area (Å²) in [4.78, 5) is 29.4. The average Bonchev–Trinajstić information content (AvgIpc) is 3.01. The lowest BCUT2D eigenvalue weighted by Crippen LogP contribution is -2.46. The molecule has 2 aliphatic heterocycles. The Hall–Kier alpha value is -2.88. The van der Waals surface area contributed by atoms with Gasteiger partial charge in [0, 0.05) is 76.6 Å². The number of likely N-dealkylation sites (N-methyl/N-ethyl adjacent to an activating group) is 2. The number of unbranched alkanes of at least 4 members (excludes halogenated alkanes) is 4. The van der Waals surface area contributed by atoms with Gasteiger partial charge in [-0.1, -0.05) is 19.3 Å². The maximum atomic E-state index is 12.9. The topological polar surface area (TPSA) is 139 Å². The number of piperazine rings is 2. The largest absolute Gasteiger partial charge is 0.326 e. The van der Waals surface area contributed by atoms with Crippen molar-refractivity contribution in [1.29, 1.82) is 0 Å². The third-order valence-electron chi connectivity index (χ3n) is 8.28. The zero-order valence-electron chi connectivity index (χ0n) is 26.3. The van der Waals surface area contributed by atoms with Crippen molar-refractivity contribution in [3.8, 4) is 0 Å². The molecule has 2 aliphatic rings. The van der Waals surface area contributed by atoms with Crippen molar-refractivity contribution >= 4 is 43.2 Å². The maximum absolute atomic E-state index is 12.9. The number of hydrogen-bond donors (Lipinski definition) is 2. The van der Waals surface area contributed by atoms with Gasteiger partial charge in [-0.3, -0.25) is 9.59 Å². The summed E-state index contributed by atoms with van der Waals surface area (Å²) in [7, 11) is -3.14. The highest BCUT2D eigenvalue weighted by Crippen LogP contribution is 2.21. The SMILES string of the molecule is CN1CCN(S(=O)(=O)c2ccc(NC(=O)CCCCCCCC(=O)Nc3ccc(S(=O)(=O)N4CCN(C)CC4)cc3)cc2)CC1. The summed E-state index contributed by atoms with van der Waals surface area (Å²) < 4.78 is 54.5. The van der Waals surface area contributed by atoms with E-state index < -0.39 is 20.0 Å². The van der Waals surface area contributed by atoms with Gasteiger partial charge in [-0.15, -0.1) is 0 Å². The first kappa shape index (κ1) is 35.0. The van der Waals surface area contributed by atoms with E-state index in [0.717, 1.165) is 32.1 Å². The molecule has 2 aromatic carbocycles. The van der Waals surface area contributed by atoms with E-state index in [1.165, 1.54) is 32.9 Å². The minimum absolute atomic E-state index is 0.119. The van der Waals surface area contributed by atoms with Gasteiger partial charge in [0.25, 0.3) is 0 Å². The van der Waals surface area contributed by atoms with Crippen LogP contribution < -0.4 is 10.6 Å². The molecule has 0 unspecified atom stereocenters. The van der Waals surface area contributed by atoms with Crippen molar-refractivity contribution in [2.24, 2.45) is 0 Å². The third kappa shape index (κ3) is 10.1. The average molecular weight is 663 g/mol. The molecular formula is C31H46N6O6S2. The molecule has 0 bridgehead atoms.